The predicted octanol–water partition coefficient (Wildman–Crippen LogP) is 3.97. The molecule has 0 fully saturated rings. The molecule has 122 valence electrons. The summed E-state index contributed by atoms with van der Waals surface area (Å²) in [5, 5.41) is 9.45. The minimum absolute atomic E-state index is 0.115. The molecular weight excluding hydrogens is 357 g/mol. The van der Waals surface area contributed by atoms with Gasteiger partial charge >= 0.3 is 12.1 Å². The van der Waals surface area contributed by atoms with Crippen LogP contribution in [0.15, 0.2) is 22.7 Å². The fraction of sp³-hybridized carbons (Fsp3) is 0.467. The Bertz CT molecular complexity index is 571. The lowest BCUT2D eigenvalue weighted by Crippen LogP contribution is -2.42. The van der Waals surface area contributed by atoms with Gasteiger partial charge in [0.2, 0.25) is 0 Å². The summed E-state index contributed by atoms with van der Waals surface area (Å²) >= 11 is 3.01. The minimum Gasteiger partial charge on any atom is -0.479 e. The van der Waals surface area contributed by atoms with Crippen molar-refractivity contribution in [2.24, 2.45) is 0 Å². The van der Waals surface area contributed by atoms with E-state index in [9.17, 15) is 19.1 Å². The molecule has 1 amide bonds. The molecule has 0 aliphatic carbocycles. The lowest BCUT2D eigenvalue weighted by Gasteiger charge is -2.30. The third-order valence-electron chi connectivity index (χ3n) is 2.77. The van der Waals surface area contributed by atoms with Gasteiger partial charge in [0, 0.05) is 6.54 Å². The monoisotopic (exact) mass is 375 g/mol. The Kier molecular flexibility index (Phi) is 5.93. The first-order chi connectivity index (χ1) is 10.1. The molecular formula is C15H19BrFNO4. The maximum atomic E-state index is 13.7. The zero-order valence-corrected chi connectivity index (χ0v) is 14.5. The molecule has 0 bridgehead atoms. The van der Waals surface area contributed by atoms with E-state index in [0.29, 0.717) is 0 Å². The van der Waals surface area contributed by atoms with Crippen molar-refractivity contribution in [1.82, 2.24) is 4.90 Å². The molecule has 1 rings (SSSR count). The van der Waals surface area contributed by atoms with Crippen molar-refractivity contribution in [3.05, 3.63) is 34.1 Å². The maximum absolute atomic E-state index is 13.7. The van der Waals surface area contributed by atoms with Crippen LogP contribution in [0, 0.1) is 5.82 Å². The maximum Gasteiger partial charge on any atom is 0.411 e. The number of amides is 1. The van der Waals surface area contributed by atoms with Crippen LogP contribution in [0.1, 0.15) is 39.3 Å². The van der Waals surface area contributed by atoms with Crippen molar-refractivity contribution in [1.29, 1.82) is 0 Å². The van der Waals surface area contributed by atoms with Gasteiger partial charge in [-0.25, -0.2) is 14.0 Å². The molecule has 0 aliphatic heterocycles. The molecule has 5 nitrogen and oxygen atoms in total. The van der Waals surface area contributed by atoms with Gasteiger partial charge in [-0.1, -0.05) is 6.07 Å². The van der Waals surface area contributed by atoms with Crippen molar-refractivity contribution in [3.8, 4) is 0 Å². The van der Waals surface area contributed by atoms with Gasteiger partial charge in [0.15, 0.2) is 6.04 Å². The minimum atomic E-state index is -1.32. The van der Waals surface area contributed by atoms with Gasteiger partial charge < -0.3 is 9.84 Å². The van der Waals surface area contributed by atoms with Gasteiger partial charge in [-0.2, -0.15) is 0 Å². The van der Waals surface area contributed by atoms with Gasteiger partial charge in [-0.15, -0.1) is 0 Å². The van der Waals surface area contributed by atoms with Crippen LogP contribution in [-0.2, 0) is 9.53 Å². The quantitative estimate of drug-likeness (QED) is 0.864. The second kappa shape index (κ2) is 7.09. The average molecular weight is 376 g/mol. The Hall–Kier alpha value is -1.63. The van der Waals surface area contributed by atoms with E-state index >= 15 is 0 Å². The van der Waals surface area contributed by atoms with Crippen LogP contribution >= 0.6 is 15.9 Å². The number of nitrogens with zero attached hydrogens (tertiary/aromatic N) is 1. The van der Waals surface area contributed by atoms with Crippen LogP contribution in [-0.4, -0.2) is 34.2 Å². The lowest BCUT2D eigenvalue weighted by atomic mass is 10.1. The molecule has 0 aliphatic rings. The number of carbonyl (C=O) groups is 2. The molecule has 0 radical (unpaired) electrons. The first-order valence-electron chi connectivity index (χ1n) is 6.74. The Morgan fingerprint density at radius 2 is 2.00 bits per heavy atom. The SMILES string of the molecule is CCN(C(=O)OC(C)(C)C)C(C(=O)O)c1ccc(Br)c(F)c1. The summed E-state index contributed by atoms with van der Waals surface area (Å²) in [4.78, 5) is 24.8. The second-order valence-corrected chi connectivity index (χ2v) is 6.54. The van der Waals surface area contributed by atoms with Crippen molar-refractivity contribution in [3.63, 3.8) is 0 Å². The van der Waals surface area contributed by atoms with Gasteiger partial charge in [0.1, 0.15) is 11.4 Å². The second-order valence-electron chi connectivity index (χ2n) is 5.68. The molecule has 0 saturated heterocycles. The summed E-state index contributed by atoms with van der Waals surface area (Å²) in [6.45, 7) is 6.81. The number of aliphatic carboxylic acids is 1. The molecule has 0 heterocycles. The zero-order valence-electron chi connectivity index (χ0n) is 12.9. The third kappa shape index (κ3) is 4.69. The van der Waals surface area contributed by atoms with Crippen LogP contribution in [0.5, 0.6) is 0 Å². The molecule has 0 saturated carbocycles. The summed E-state index contributed by atoms with van der Waals surface area (Å²) in [5.41, 5.74) is -0.584. The van der Waals surface area contributed by atoms with E-state index < -0.39 is 29.5 Å². The van der Waals surface area contributed by atoms with Crippen molar-refractivity contribution in [2.75, 3.05) is 6.54 Å². The van der Waals surface area contributed by atoms with Crippen LogP contribution in [0.25, 0.3) is 0 Å². The van der Waals surface area contributed by atoms with Crippen LogP contribution in [0.3, 0.4) is 0 Å². The van der Waals surface area contributed by atoms with E-state index in [2.05, 4.69) is 15.9 Å². The average Bonchev–Trinajstić information content (AvgIpc) is 2.36. The summed E-state index contributed by atoms with van der Waals surface area (Å²) in [6, 6.07) is 2.64. The fourth-order valence-corrected chi connectivity index (χ4v) is 2.12. The number of rotatable bonds is 4. The Morgan fingerprint density at radius 3 is 2.41 bits per heavy atom. The molecule has 1 aromatic rings. The van der Waals surface area contributed by atoms with Gasteiger partial charge in [0.05, 0.1) is 4.47 Å². The zero-order chi connectivity index (χ0) is 17.1. The largest absolute Gasteiger partial charge is 0.479 e. The number of carboxylic acids is 1. The molecule has 1 unspecified atom stereocenters. The highest BCUT2D eigenvalue weighted by Gasteiger charge is 2.33. The third-order valence-corrected chi connectivity index (χ3v) is 3.42. The van der Waals surface area contributed by atoms with E-state index in [1.807, 2.05) is 0 Å². The standard InChI is InChI=1S/C15H19BrFNO4/c1-5-18(14(21)22-15(2,3)4)12(13(19)20)9-6-7-10(16)11(17)8-9/h6-8,12H,5H2,1-4H3,(H,19,20). The normalized spacial score (nSPS) is 12.6. The highest BCUT2D eigenvalue weighted by atomic mass is 79.9. The van der Waals surface area contributed by atoms with Crippen molar-refractivity contribution >= 4 is 28.0 Å². The van der Waals surface area contributed by atoms with E-state index in [-0.39, 0.29) is 16.6 Å². The number of carboxylic acid groups (broad SMARTS) is 1. The molecule has 7 heteroatoms. The summed E-state index contributed by atoms with van der Waals surface area (Å²) in [7, 11) is 0. The van der Waals surface area contributed by atoms with E-state index in [1.165, 1.54) is 12.1 Å². The number of halogens is 2. The lowest BCUT2D eigenvalue weighted by molar-refractivity contribution is -0.143. The van der Waals surface area contributed by atoms with E-state index in [0.717, 1.165) is 11.0 Å². The number of likely N-dealkylation sites (N-methyl/N-ethyl adjacent to an activating group) is 1. The molecule has 1 atom stereocenters. The predicted molar refractivity (Wildman–Crippen MR) is 83.1 cm³/mol. The summed E-state index contributed by atoms with van der Waals surface area (Å²) in [6.07, 6.45) is -0.759. The Balaban J connectivity index is 3.18. The first-order valence-corrected chi connectivity index (χ1v) is 7.53. The molecule has 0 spiro atoms. The highest BCUT2D eigenvalue weighted by Crippen LogP contribution is 2.26. The van der Waals surface area contributed by atoms with E-state index in [1.54, 1.807) is 27.7 Å². The number of hydrogen-bond donors (Lipinski definition) is 1. The number of carbonyl (C=O) groups excluding carboxylic acids is 1. The fourth-order valence-electron chi connectivity index (χ4n) is 1.88. The molecule has 22 heavy (non-hydrogen) atoms. The van der Waals surface area contributed by atoms with Gasteiger partial charge in [-0.05, 0) is 61.3 Å². The van der Waals surface area contributed by atoms with Crippen LogP contribution < -0.4 is 0 Å². The summed E-state index contributed by atoms with van der Waals surface area (Å²) < 4.78 is 19.1. The molecule has 1 aromatic carbocycles. The topological polar surface area (TPSA) is 66.8 Å². The Morgan fingerprint density at radius 1 is 1.41 bits per heavy atom. The Labute approximate surface area is 137 Å². The van der Waals surface area contributed by atoms with E-state index in [4.69, 9.17) is 4.74 Å². The highest BCUT2D eigenvalue weighted by molar-refractivity contribution is 9.10. The van der Waals surface area contributed by atoms with Crippen LogP contribution in [0.4, 0.5) is 9.18 Å². The van der Waals surface area contributed by atoms with Crippen molar-refractivity contribution < 1.29 is 23.8 Å². The van der Waals surface area contributed by atoms with Crippen LogP contribution in [0.2, 0.25) is 0 Å². The van der Waals surface area contributed by atoms with Gasteiger partial charge in [-0.3, -0.25) is 4.90 Å². The first kappa shape index (κ1) is 18.4. The van der Waals surface area contributed by atoms with Crippen molar-refractivity contribution in [2.45, 2.75) is 39.3 Å². The number of hydrogen-bond acceptors (Lipinski definition) is 3. The summed E-state index contributed by atoms with van der Waals surface area (Å²) in [5.74, 6) is -1.85. The molecule has 1 N–H and O–H groups in total. The number of ether oxygens (including phenoxy) is 1. The smallest absolute Gasteiger partial charge is 0.411 e. The number of benzene rings is 1. The molecule has 0 aromatic heterocycles. The van der Waals surface area contributed by atoms with Gasteiger partial charge in [0.25, 0.3) is 0 Å².